The molecule has 3 nitrogen and oxygen atoms in total. The van der Waals surface area contributed by atoms with Gasteiger partial charge in [-0.25, -0.2) is 0 Å². The molecule has 13 heavy (non-hydrogen) atoms. The molecule has 1 heterocycles. The molecule has 0 spiro atoms. The van der Waals surface area contributed by atoms with E-state index in [1.165, 1.54) is 12.2 Å². The van der Waals surface area contributed by atoms with Gasteiger partial charge in [0.05, 0.1) is 0 Å². The molecule has 1 aliphatic carbocycles. The quantitative estimate of drug-likeness (QED) is 0.460. The van der Waals surface area contributed by atoms with Gasteiger partial charge in [-0.3, -0.25) is 9.59 Å². The molecule has 1 aliphatic heterocycles. The molecule has 0 aromatic rings. The molecule has 0 saturated carbocycles. The van der Waals surface area contributed by atoms with Crippen molar-refractivity contribution in [2.24, 2.45) is 5.92 Å². The molecule has 68 valence electrons. The van der Waals surface area contributed by atoms with Crippen LogP contribution in [0.3, 0.4) is 0 Å². The Morgan fingerprint density at radius 1 is 1.23 bits per heavy atom. The first kappa shape index (κ1) is 8.38. The van der Waals surface area contributed by atoms with Gasteiger partial charge in [0.2, 0.25) is 11.6 Å². The summed E-state index contributed by atoms with van der Waals surface area (Å²) in [6, 6.07) is 0. The van der Waals surface area contributed by atoms with Crippen molar-refractivity contribution in [3.05, 3.63) is 23.8 Å². The molecule has 2 aliphatic rings. The predicted octanol–water partition coefficient (Wildman–Crippen LogP) is 0.230. The Balaban J connectivity index is 2.16. The molecule has 0 aromatic heterocycles. The highest BCUT2D eigenvalue weighted by Crippen LogP contribution is 2.21. The first-order chi connectivity index (χ1) is 6.27. The maximum absolute atomic E-state index is 11.1. The maximum Gasteiger partial charge on any atom is 0.225 e. The number of carbonyl (C=O) groups is 2. The summed E-state index contributed by atoms with van der Waals surface area (Å²) in [6.07, 6.45) is 5.66. The minimum absolute atomic E-state index is 0.385. The van der Waals surface area contributed by atoms with E-state index in [4.69, 9.17) is 0 Å². The molecule has 1 unspecified atom stereocenters. The lowest BCUT2D eigenvalue weighted by molar-refractivity contribution is -0.131. The normalized spacial score (nSPS) is 28.0. The highest BCUT2D eigenvalue weighted by atomic mass is 16.2. The fourth-order valence-corrected chi connectivity index (χ4v) is 1.72. The van der Waals surface area contributed by atoms with Crippen LogP contribution in [0.4, 0.5) is 0 Å². The maximum atomic E-state index is 11.1. The summed E-state index contributed by atoms with van der Waals surface area (Å²) >= 11 is 0. The van der Waals surface area contributed by atoms with E-state index in [1.807, 2.05) is 0 Å². The first-order valence-electron chi connectivity index (χ1n) is 4.46. The Kier molecular flexibility index (Phi) is 2.10. The lowest BCUT2D eigenvalue weighted by atomic mass is 9.93. The van der Waals surface area contributed by atoms with Crippen molar-refractivity contribution in [1.29, 1.82) is 0 Å². The smallest absolute Gasteiger partial charge is 0.225 e. The lowest BCUT2D eigenvalue weighted by Crippen LogP contribution is -2.16. The van der Waals surface area contributed by atoms with E-state index in [-0.39, 0.29) is 5.78 Å². The second-order valence-electron chi connectivity index (χ2n) is 3.40. The summed E-state index contributed by atoms with van der Waals surface area (Å²) < 4.78 is 0. The fraction of sp³-hybridized carbons (Fsp3) is 0.400. The Morgan fingerprint density at radius 3 is 2.69 bits per heavy atom. The topological polar surface area (TPSA) is 46.2 Å². The highest BCUT2D eigenvalue weighted by Gasteiger charge is 2.22. The largest absolute Gasteiger partial charge is 0.316 e. The summed E-state index contributed by atoms with van der Waals surface area (Å²) in [7, 11) is 0. The molecular formula is C10H11NO2. The first-order valence-corrected chi connectivity index (χ1v) is 4.46. The molecule has 0 amide bonds. The number of rotatable bonds is 1. The van der Waals surface area contributed by atoms with Gasteiger partial charge in [-0.1, -0.05) is 6.08 Å². The number of carbonyl (C=O) groups excluding carboxylic acids is 2. The summed E-state index contributed by atoms with van der Waals surface area (Å²) in [5.74, 6) is -0.382. The van der Waals surface area contributed by atoms with Crippen molar-refractivity contribution in [2.75, 3.05) is 13.1 Å². The van der Waals surface area contributed by atoms with Crippen LogP contribution >= 0.6 is 0 Å². The van der Waals surface area contributed by atoms with E-state index in [2.05, 4.69) is 5.32 Å². The molecule has 1 atom stereocenters. The van der Waals surface area contributed by atoms with Crippen molar-refractivity contribution < 1.29 is 9.59 Å². The van der Waals surface area contributed by atoms with E-state index in [1.54, 1.807) is 6.08 Å². The van der Waals surface area contributed by atoms with Crippen LogP contribution in [-0.4, -0.2) is 24.7 Å². The second kappa shape index (κ2) is 3.26. The molecule has 0 radical (unpaired) electrons. The van der Waals surface area contributed by atoms with Crippen LogP contribution in [0, 0.1) is 5.92 Å². The lowest BCUT2D eigenvalue weighted by Gasteiger charge is -2.11. The van der Waals surface area contributed by atoms with E-state index in [0.29, 0.717) is 5.92 Å². The molecular weight excluding hydrogens is 166 g/mol. The number of hydrogen-bond donors (Lipinski definition) is 1. The average molecular weight is 177 g/mol. The van der Waals surface area contributed by atoms with Gasteiger partial charge in [-0.2, -0.15) is 0 Å². The van der Waals surface area contributed by atoms with E-state index in [9.17, 15) is 9.59 Å². The SMILES string of the molecule is O=C1C=CC(C2CCNC2)=CC1=O. The average Bonchev–Trinajstić information content (AvgIpc) is 2.62. The number of nitrogens with one attached hydrogen (secondary N) is 1. The molecule has 1 saturated heterocycles. The zero-order valence-electron chi connectivity index (χ0n) is 7.25. The van der Waals surface area contributed by atoms with E-state index < -0.39 is 5.78 Å². The molecule has 0 aromatic carbocycles. The van der Waals surface area contributed by atoms with Crippen LogP contribution < -0.4 is 5.32 Å². The van der Waals surface area contributed by atoms with Gasteiger partial charge in [0.1, 0.15) is 0 Å². The van der Waals surface area contributed by atoms with Crippen LogP contribution in [0.25, 0.3) is 0 Å². The summed E-state index contributed by atoms with van der Waals surface area (Å²) in [5, 5.41) is 3.22. The number of hydrogen-bond acceptors (Lipinski definition) is 3. The third kappa shape index (κ3) is 1.60. The number of ketones is 2. The summed E-state index contributed by atoms with van der Waals surface area (Å²) in [6.45, 7) is 1.91. The van der Waals surface area contributed by atoms with Gasteiger partial charge in [-0.05, 0) is 36.6 Å². The molecule has 1 fully saturated rings. The Morgan fingerprint density at radius 2 is 2.08 bits per heavy atom. The van der Waals surface area contributed by atoms with Crippen molar-refractivity contribution in [2.45, 2.75) is 6.42 Å². The molecule has 2 rings (SSSR count). The van der Waals surface area contributed by atoms with Gasteiger partial charge >= 0.3 is 0 Å². The van der Waals surface area contributed by atoms with Crippen LogP contribution in [0.5, 0.6) is 0 Å². The fourth-order valence-electron chi connectivity index (χ4n) is 1.72. The summed E-state index contributed by atoms with van der Waals surface area (Å²) in [5.41, 5.74) is 0.995. The van der Waals surface area contributed by atoms with Crippen LogP contribution in [0.1, 0.15) is 6.42 Å². The Labute approximate surface area is 76.5 Å². The highest BCUT2D eigenvalue weighted by molar-refractivity contribution is 6.46. The molecule has 0 bridgehead atoms. The minimum atomic E-state index is -0.408. The van der Waals surface area contributed by atoms with E-state index >= 15 is 0 Å². The van der Waals surface area contributed by atoms with Gasteiger partial charge in [-0.15, -0.1) is 0 Å². The monoisotopic (exact) mass is 177 g/mol. The van der Waals surface area contributed by atoms with Gasteiger partial charge < -0.3 is 5.32 Å². The van der Waals surface area contributed by atoms with Gasteiger partial charge in [0.15, 0.2) is 0 Å². The van der Waals surface area contributed by atoms with Crippen LogP contribution in [0.2, 0.25) is 0 Å². The van der Waals surface area contributed by atoms with Crippen LogP contribution in [-0.2, 0) is 9.59 Å². The standard InChI is InChI=1S/C10H11NO2/c12-9-2-1-7(5-10(9)13)8-3-4-11-6-8/h1-2,5,8,11H,3-4,6H2. The van der Waals surface area contributed by atoms with E-state index in [0.717, 1.165) is 25.1 Å². The second-order valence-corrected chi connectivity index (χ2v) is 3.40. The molecule has 3 heteroatoms. The van der Waals surface area contributed by atoms with Gasteiger partial charge in [0.25, 0.3) is 0 Å². The third-order valence-electron chi connectivity index (χ3n) is 2.50. The van der Waals surface area contributed by atoms with Crippen molar-refractivity contribution in [3.8, 4) is 0 Å². The minimum Gasteiger partial charge on any atom is -0.316 e. The summed E-state index contributed by atoms with van der Waals surface area (Å²) in [4.78, 5) is 21.9. The van der Waals surface area contributed by atoms with Crippen molar-refractivity contribution in [1.82, 2.24) is 5.32 Å². The number of allylic oxidation sites excluding steroid dienone is 3. The van der Waals surface area contributed by atoms with Crippen LogP contribution in [0.15, 0.2) is 23.8 Å². The van der Waals surface area contributed by atoms with Crippen molar-refractivity contribution >= 4 is 11.6 Å². The Hall–Kier alpha value is -1.22. The third-order valence-corrected chi connectivity index (χ3v) is 2.50. The zero-order valence-corrected chi connectivity index (χ0v) is 7.25. The van der Waals surface area contributed by atoms with Crippen molar-refractivity contribution in [3.63, 3.8) is 0 Å². The van der Waals surface area contributed by atoms with Gasteiger partial charge in [0, 0.05) is 6.54 Å². The molecule has 1 N–H and O–H groups in total. The predicted molar refractivity (Wildman–Crippen MR) is 48.2 cm³/mol. The zero-order chi connectivity index (χ0) is 9.26. The Bertz CT molecular complexity index is 309.